The summed E-state index contributed by atoms with van der Waals surface area (Å²) in [7, 11) is 0. The van der Waals surface area contributed by atoms with E-state index in [1.54, 1.807) is 12.5 Å². The summed E-state index contributed by atoms with van der Waals surface area (Å²) in [6.45, 7) is 4.77. The predicted molar refractivity (Wildman–Crippen MR) is 97.7 cm³/mol. The number of hydrogen-bond donors (Lipinski definition) is 1. The van der Waals surface area contributed by atoms with Crippen LogP contribution in [0.5, 0.6) is 0 Å². The van der Waals surface area contributed by atoms with Gasteiger partial charge in [0, 0.05) is 25.8 Å². The third-order valence-corrected chi connectivity index (χ3v) is 4.93. The summed E-state index contributed by atoms with van der Waals surface area (Å²) >= 11 is 0. The molecule has 1 atom stereocenters. The second-order valence-electron chi connectivity index (χ2n) is 6.63. The maximum absolute atomic E-state index is 12.6. The molecule has 1 aliphatic rings. The van der Waals surface area contributed by atoms with Crippen LogP contribution in [0.15, 0.2) is 41.2 Å². The lowest BCUT2D eigenvalue weighted by Gasteiger charge is -2.31. The Kier molecular flexibility index (Phi) is 4.60. The third kappa shape index (κ3) is 3.29. The van der Waals surface area contributed by atoms with Crippen molar-refractivity contribution in [2.75, 3.05) is 13.1 Å². The molecule has 7 heteroatoms. The molecule has 0 spiro atoms. The molecule has 0 saturated carbocycles. The molecule has 1 saturated heterocycles. The van der Waals surface area contributed by atoms with Gasteiger partial charge < -0.3 is 19.2 Å². The highest BCUT2D eigenvalue weighted by molar-refractivity contribution is 5.74. The van der Waals surface area contributed by atoms with E-state index in [-0.39, 0.29) is 11.9 Å². The number of fused-ring (bicyclic) bond motifs is 1. The fourth-order valence-corrected chi connectivity index (χ4v) is 3.49. The molecule has 0 radical (unpaired) electrons. The lowest BCUT2D eigenvalue weighted by molar-refractivity contribution is 0.174. The van der Waals surface area contributed by atoms with Gasteiger partial charge in [-0.15, -0.1) is 0 Å². The van der Waals surface area contributed by atoms with Crippen molar-refractivity contribution >= 4 is 17.1 Å². The Morgan fingerprint density at radius 2 is 2.27 bits per heavy atom. The minimum Gasteiger partial charge on any atom is -0.440 e. The van der Waals surface area contributed by atoms with Crippen molar-refractivity contribution in [3.05, 3.63) is 48.4 Å². The Morgan fingerprint density at radius 3 is 3.12 bits per heavy atom. The van der Waals surface area contributed by atoms with Crippen LogP contribution in [0.3, 0.4) is 0 Å². The minimum absolute atomic E-state index is 0.0466. The number of aromatic nitrogens is 3. The van der Waals surface area contributed by atoms with Crippen LogP contribution in [0.2, 0.25) is 0 Å². The molecule has 2 amide bonds. The van der Waals surface area contributed by atoms with E-state index in [1.807, 2.05) is 33.7 Å². The highest BCUT2D eigenvalue weighted by Gasteiger charge is 2.28. The zero-order valence-electron chi connectivity index (χ0n) is 14.9. The average molecular weight is 353 g/mol. The van der Waals surface area contributed by atoms with Gasteiger partial charge in [-0.2, -0.15) is 0 Å². The smallest absolute Gasteiger partial charge is 0.317 e. The van der Waals surface area contributed by atoms with E-state index in [4.69, 9.17) is 4.42 Å². The Morgan fingerprint density at radius 1 is 1.38 bits per heavy atom. The lowest BCUT2D eigenvalue weighted by Crippen LogP contribution is -2.44. The zero-order chi connectivity index (χ0) is 17.9. The molecule has 0 aliphatic carbocycles. The van der Waals surface area contributed by atoms with E-state index in [0.717, 1.165) is 48.6 Å². The Labute approximate surface area is 152 Å². The summed E-state index contributed by atoms with van der Waals surface area (Å²) in [5, 5.41) is 3.00. The van der Waals surface area contributed by atoms with E-state index in [0.29, 0.717) is 13.1 Å². The molecule has 1 fully saturated rings. The van der Waals surface area contributed by atoms with Crippen molar-refractivity contribution in [3.63, 3.8) is 0 Å². The number of urea groups is 1. The monoisotopic (exact) mass is 353 g/mol. The van der Waals surface area contributed by atoms with Crippen molar-refractivity contribution in [1.82, 2.24) is 24.8 Å². The van der Waals surface area contributed by atoms with Crippen LogP contribution >= 0.6 is 0 Å². The Balaban J connectivity index is 1.40. The standard InChI is InChI=1S/C19H23N5O2/c1-2-23-13-20-10-15(23)11-21-19(25)24-9-5-6-14(12-24)18-22-16-7-3-4-8-17(16)26-18/h3-4,7-8,10,13-14H,2,5-6,9,11-12H2,1H3,(H,21,25)/t14-/m1/s1. The number of benzene rings is 1. The molecule has 26 heavy (non-hydrogen) atoms. The van der Waals surface area contributed by atoms with Crippen LogP contribution in [-0.2, 0) is 13.1 Å². The Bertz CT molecular complexity index is 867. The number of hydrogen-bond acceptors (Lipinski definition) is 4. The van der Waals surface area contributed by atoms with Crippen LogP contribution in [0.25, 0.3) is 11.1 Å². The number of nitrogens with zero attached hydrogens (tertiary/aromatic N) is 4. The first-order valence-corrected chi connectivity index (χ1v) is 9.12. The first kappa shape index (κ1) is 16.6. The summed E-state index contributed by atoms with van der Waals surface area (Å²) in [5.74, 6) is 0.871. The molecule has 1 aromatic carbocycles. The summed E-state index contributed by atoms with van der Waals surface area (Å²) in [4.78, 5) is 23.2. The molecular weight excluding hydrogens is 330 g/mol. The first-order valence-electron chi connectivity index (χ1n) is 9.12. The first-order chi connectivity index (χ1) is 12.7. The number of imidazole rings is 1. The van der Waals surface area contributed by atoms with E-state index in [9.17, 15) is 4.79 Å². The molecule has 3 aromatic rings. The number of likely N-dealkylation sites (tertiary alicyclic amines) is 1. The lowest BCUT2D eigenvalue weighted by atomic mass is 9.98. The van der Waals surface area contributed by atoms with Crippen molar-refractivity contribution in [2.45, 2.75) is 38.8 Å². The Hall–Kier alpha value is -2.83. The summed E-state index contributed by atoms with van der Waals surface area (Å²) in [6.07, 6.45) is 5.51. The van der Waals surface area contributed by atoms with Gasteiger partial charge in [0.25, 0.3) is 0 Å². The minimum atomic E-state index is -0.0466. The van der Waals surface area contributed by atoms with E-state index >= 15 is 0 Å². The molecular formula is C19H23N5O2. The SMILES string of the molecule is CCn1cncc1CNC(=O)N1CCC[C@@H](c2nc3ccccc3o2)C1. The molecule has 2 aromatic heterocycles. The molecule has 0 bridgehead atoms. The van der Waals surface area contributed by atoms with E-state index < -0.39 is 0 Å². The van der Waals surface area contributed by atoms with Crippen molar-refractivity contribution in [1.29, 1.82) is 0 Å². The number of carbonyl (C=O) groups excluding carboxylic acids is 1. The van der Waals surface area contributed by atoms with Gasteiger partial charge in [0.15, 0.2) is 11.5 Å². The predicted octanol–water partition coefficient (Wildman–Crippen LogP) is 3.13. The van der Waals surface area contributed by atoms with Gasteiger partial charge in [-0.05, 0) is 31.9 Å². The van der Waals surface area contributed by atoms with Gasteiger partial charge in [0.05, 0.1) is 24.5 Å². The number of carbonyl (C=O) groups is 1. The maximum Gasteiger partial charge on any atom is 0.317 e. The zero-order valence-corrected chi connectivity index (χ0v) is 14.9. The van der Waals surface area contributed by atoms with E-state index in [1.165, 1.54) is 0 Å². The van der Waals surface area contributed by atoms with Gasteiger partial charge in [0.1, 0.15) is 5.52 Å². The summed E-state index contributed by atoms with van der Waals surface area (Å²) in [6, 6.07) is 7.73. The van der Waals surface area contributed by atoms with Gasteiger partial charge in [0.2, 0.25) is 0 Å². The van der Waals surface area contributed by atoms with Crippen LogP contribution in [0.4, 0.5) is 4.79 Å². The highest BCUT2D eigenvalue weighted by atomic mass is 16.3. The molecule has 4 rings (SSSR count). The number of amides is 2. The number of para-hydroxylation sites is 2. The van der Waals surface area contributed by atoms with Crippen LogP contribution in [-0.4, -0.2) is 38.6 Å². The van der Waals surface area contributed by atoms with Gasteiger partial charge in [-0.25, -0.2) is 14.8 Å². The van der Waals surface area contributed by atoms with Gasteiger partial charge in [-0.1, -0.05) is 12.1 Å². The number of nitrogens with one attached hydrogen (secondary N) is 1. The number of aryl methyl sites for hydroxylation is 1. The van der Waals surface area contributed by atoms with Crippen LogP contribution < -0.4 is 5.32 Å². The second kappa shape index (κ2) is 7.19. The molecule has 1 N–H and O–H groups in total. The van der Waals surface area contributed by atoms with Crippen molar-refractivity contribution < 1.29 is 9.21 Å². The summed E-state index contributed by atoms with van der Waals surface area (Å²) < 4.78 is 7.93. The molecule has 7 nitrogen and oxygen atoms in total. The van der Waals surface area contributed by atoms with Crippen LogP contribution in [0, 0.1) is 0 Å². The quantitative estimate of drug-likeness (QED) is 0.782. The molecule has 136 valence electrons. The normalized spacial score (nSPS) is 17.6. The highest BCUT2D eigenvalue weighted by Crippen LogP contribution is 2.28. The number of oxazole rings is 1. The second-order valence-corrected chi connectivity index (χ2v) is 6.63. The third-order valence-electron chi connectivity index (χ3n) is 4.93. The van der Waals surface area contributed by atoms with Crippen molar-refractivity contribution in [2.24, 2.45) is 0 Å². The molecule has 3 heterocycles. The number of rotatable bonds is 4. The average Bonchev–Trinajstić information content (AvgIpc) is 3.32. The molecule has 0 unspecified atom stereocenters. The summed E-state index contributed by atoms with van der Waals surface area (Å²) in [5.41, 5.74) is 2.68. The maximum atomic E-state index is 12.6. The fourth-order valence-electron chi connectivity index (χ4n) is 3.49. The van der Waals surface area contributed by atoms with Crippen molar-refractivity contribution in [3.8, 4) is 0 Å². The molecule has 1 aliphatic heterocycles. The fraction of sp³-hybridized carbons (Fsp3) is 0.421. The van der Waals surface area contributed by atoms with Gasteiger partial charge in [-0.3, -0.25) is 0 Å². The number of piperidine rings is 1. The van der Waals surface area contributed by atoms with Crippen LogP contribution in [0.1, 0.15) is 37.3 Å². The largest absolute Gasteiger partial charge is 0.440 e. The van der Waals surface area contributed by atoms with Gasteiger partial charge >= 0.3 is 6.03 Å². The van der Waals surface area contributed by atoms with E-state index in [2.05, 4.69) is 22.2 Å². The topological polar surface area (TPSA) is 76.2 Å².